The van der Waals surface area contributed by atoms with Gasteiger partial charge in [-0.3, -0.25) is 4.68 Å². The van der Waals surface area contributed by atoms with Crippen molar-refractivity contribution in [1.82, 2.24) is 15.1 Å². The lowest BCUT2D eigenvalue weighted by Gasteiger charge is -2.21. The molecule has 1 aromatic heterocycles. The first-order valence-corrected chi connectivity index (χ1v) is 7.82. The molecule has 1 rings (SSSR count). The van der Waals surface area contributed by atoms with Crippen molar-refractivity contribution in [3.63, 3.8) is 0 Å². The third-order valence-electron chi connectivity index (χ3n) is 3.02. The SMILES string of the molecule is CC(C)c1nn(C)c(Cl)c1CC(N)CNC(=O)OC(C)(C)C. The highest BCUT2D eigenvalue weighted by atomic mass is 35.5. The zero-order valence-electron chi connectivity index (χ0n) is 14.2. The van der Waals surface area contributed by atoms with Crippen molar-refractivity contribution < 1.29 is 9.53 Å². The van der Waals surface area contributed by atoms with Gasteiger partial charge in [-0.25, -0.2) is 4.79 Å². The molecule has 0 saturated carbocycles. The van der Waals surface area contributed by atoms with Crippen molar-refractivity contribution >= 4 is 17.7 Å². The summed E-state index contributed by atoms with van der Waals surface area (Å²) in [7, 11) is 1.81. The van der Waals surface area contributed by atoms with Crippen molar-refractivity contribution in [1.29, 1.82) is 0 Å². The van der Waals surface area contributed by atoms with E-state index >= 15 is 0 Å². The average molecular weight is 331 g/mol. The summed E-state index contributed by atoms with van der Waals surface area (Å²) in [6.07, 6.45) is 0.0833. The van der Waals surface area contributed by atoms with Crippen LogP contribution in [0.4, 0.5) is 4.79 Å². The number of hydrogen-bond acceptors (Lipinski definition) is 4. The maximum absolute atomic E-state index is 11.6. The maximum Gasteiger partial charge on any atom is 0.407 e. The number of rotatable bonds is 5. The topological polar surface area (TPSA) is 82.2 Å². The molecule has 1 heterocycles. The van der Waals surface area contributed by atoms with Gasteiger partial charge in [-0.2, -0.15) is 5.10 Å². The van der Waals surface area contributed by atoms with Gasteiger partial charge in [0.1, 0.15) is 10.8 Å². The summed E-state index contributed by atoms with van der Waals surface area (Å²) in [6.45, 7) is 9.89. The molecule has 0 aromatic carbocycles. The summed E-state index contributed by atoms with van der Waals surface area (Å²) >= 11 is 6.28. The fraction of sp³-hybridized carbons (Fsp3) is 0.733. The lowest BCUT2D eigenvalue weighted by Crippen LogP contribution is -2.41. The van der Waals surface area contributed by atoms with Crippen LogP contribution in [0.3, 0.4) is 0 Å². The Morgan fingerprint density at radius 2 is 2.05 bits per heavy atom. The van der Waals surface area contributed by atoms with E-state index in [1.165, 1.54) is 0 Å². The van der Waals surface area contributed by atoms with E-state index in [1.807, 2.05) is 27.8 Å². The van der Waals surface area contributed by atoms with E-state index < -0.39 is 11.7 Å². The molecule has 0 aliphatic heterocycles. The predicted octanol–water partition coefficient (Wildman–Crippen LogP) is 2.59. The van der Waals surface area contributed by atoms with Gasteiger partial charge in [0.15, 0.2) is 0 Å². The number of halogens is 1. The van der Waals surface area contributed by atoms with Crippen LogP contribution >= 0.6 is 11.6 Å². The highest BCUT2D eigenvalue weighted by Gasteiger charge is 2.21. The summed E-state index contributed by atoms with van der Waals surface area (Å²) in [5, 5.41) is 7.70. The fourth-order valence-corrected chi connectivity index (χ4v) is 2.29. The summed E-state index contributed by atoms with van der Waals surface area (Å²) in [6, 6.07) is -0.258. The van der Waals surface area contributed by atoms with Crippen LogP contribution in [0.5, 0.6) is 0 Å². The van der Waals surface area contributed by atoms with Crippen LogP contribution in [0.15, 0.2) is 0 Å². The van der Waals surface area contributed by atoms with Crippen LogP contribution < -0.4 is 11.1 Å². The Balaban J connectivity index is 2.63. The van der Waals surface area contributed by atoms with E-state index in [2.05, 4.69) is 24.3 Å². The fourth-order valence-electron chi connectivity index (χ4n) is 2.08. The molecule has 22 heavy (non-hydrogen) atoms. The number of hydrogen-bond donors (Lipinski definition) is 2. The number of aryl methyl sites for hydroxylation is 1. The average Bonchev–Trinajstić information content (AvgIpc) is 2.63. The number of nitrogens with one attached hydrogen (secondary N) is 1. The molecular formula is C15H27ClN4O2. The molecule has 1 atom stereocenters. The van der Waals surface area contributed by atoms with Gasteiger partial charge in [0.25, 0.3) is 0 Å². The van der Waals surface area contributed by atoms with Crippen molar-refractivity contribution in [2.45, 2.75) is 58.6 Å². The second-order valence-electron chi connectivity index (χ2n) is 6.78. The number of nitrogens with zero attached hydrogens (tertiary/aromatic N) is 2. The van der Waals surface area contributed by atoms with E-state index in [9.17, 15) is 4.79 Å². The third-order valence-corrected chi connectivity index (χ3v) is 3.49. The van der Waals surface area contributed by atoms with Crippen LogP contribution in [0.1, 0.15) is 51.8 Å². The van der Waals surface area contributed by atoms with Gasteiger partial charge in [0.05, 0.1) is 5.69 Å². The Hall–Kier alpha value is -1.27. The number of carbonyl (C=O) groups is 1. The molecule has 126 valence electrons. The van der Waals surface area contributed by atoms with Gasteiger partial charge in [0.2, 0.25) is 0 Å². The standard InChI is InChI=1S/C15H27ClN4O2/c1-9(2)12-11(13(16)20(6)19-12)7-10(17)8-18-14(21)22-15(3,4)5/h9-10H,7-8,17H2,1-6H3,(H,18,21). The Morgan fingerprint density at radius 1 is 1.45 bits per heavy atom. The number of aromatic nitrogens is 2. The van der Waals surface area contributed by atoms with E-state index in [0.717, 1.165) is 11.3 Å². The molecule has 6 nitrogen and oxygen atoms in total. The van der Waals surface area contributed by atoms with Gasteiger partial charge < -0.3 is 15.8 Å². The zero-order chi connectivity index (χ0) is 17.1. The highest BCUT2D eigenvalue weighted by Crippen LogP contribution is 2.26. The van der Waals surface area contributed by atoms with Crippen molar-refractivity contribution in [2.24, 2.45) is 12.8 Å². The lowest BCUT2D eigenvalue weighted by atomic mass is 10.0. The molecule has 0 spiro atoms. The first kappa shape index (κ1) is 18.8. The minimum Gasteiger partial charge on any atom is -0.444 e. The molecule has 3 N–H and O–H groups in total. The molecule has 1 aromatic rings. The Morgan fingerprint density at radius 3 is 2.55 bits per heavy atom. The van der Waals surface area contributed by atoms with Crippen LogP contribution in [0.25, 0.3) is 0 Å². The molecule has 0 saturated heterocycles. The van der Waals surface area contributed by atoms with Gasteiger partial charge in [-0.15, -0.1) is 0 Å². The molecule has 0 fully saturated rings. The van der Waals surface area contributed by atoms with Gasteiger partial charge in [-0.1, -0.05) is 25.4 Å². The Bertz CT molecular complexity index is 520. The lowest BCUT2D eigenvalue weighted by molar-refractivity contribution is 0.0524. The van der Waals surface area contributed by atoms with Crippen LogP contribution in [0.2, 0.25) is 5.15 Å². The largest absolute Gasteiger partial charge is 0.444 e. The molecule has 1 amide bonds. The van der Waals surface area contributed by atoms with Crippen LogP contribution in [-0.4, -0.2) is 34.1 Å². The third kappa shape index (κ3) is 5.50. The molecular weight excluding hydrogens is 304 g/mol. The number of carbonyl (C=O) groups excluding carboxylic acids is 1. The van der Waals surface area contributed by atoms with Gasteiger partial charge in [-0.05, 0) is 33.1 Å². The molecule has 0 bridgehead atoms. The highest BCUT2D eigenvalue weighted by molar-refractivity contribution is 6.30. The molecule has 0 aliphatic rings. The molecule has 0 radical (unpaired) electrons. The molecule has 1 unspecified atom stereocenters. The van der Waals surface area contributed by atoms with E-state index in [-0.39, 0.29) is 12.0 Å². The van der Waals surface area contributed by atoms with Crippen molar-refractivity contribution in [2.75, 3.05) is 6.54 Å². The predicted molar refractivity (Wildman–Crippen MR) is 88.2 cm³/mol. The molecule has 0 aliphatic carbocycles. The summed E-state index contributed by atoms with van der Waals surface area (Å²) in [5.74, 6) is 0.264. The number of nitrogens with two attached hydrogens (primary N) is 1. The number of ether oxygens (including phenoxy) is 1. The number of alkyl carbamates (subject to hydrolysis) is 1. The summed E-state index contributed by atoms with van der Waals surface area (Å²) < 4.78 is 6.83. The normalized spacial score (nSPS) is 13.3. The van der Waals surface area contributed by atoms with Crippen LogP contribution in [0, 0.1) is 0 Å². The van der Waals surface area contributed by atoms with Crippen molar-refractivity contribution in [3.05, 3.63) is 16.4 Å². The summed E-state index contributed by atoms with van der Waals surface area (Å²) in [4.78, 5) is 11.6. The quantitative estimate of drug-likeness (QED) is 0.869. The van der Waals surface area contributed by atoms with E-state index in [0.29, 0.717) is 18.1 Å². The summed E-state index contributed by atoms with van der Waals surface area (Å²) in [5.41, 5.74) is 7.46. The Kier molecular flexibility index (Phi) is 6.26. The zero-order valence-corrected chi connectivity index (χ0v) is 15.0. The first-order chi connectivity index (χ1) is 10.0. The first-order valence-electron chi connectivity index (χ1n) is 7.45. The maximum atomic E-state index is 11.6. The van der Waals surface area contributed by atoms with Crippen LogP contribution in [-0.2, 0) is 18.2 Å². The second-order valence-corrected chi connectivity index (χ2v) is 7.14. The number of amides is 1. The second kappa shape index (κ2) is 7.33. The molecule has 7 heteroatoms. The van der Waals surface area contributed by atoms with E-state index in [1.54, 1.807) is 4.68 Å². The minimum absolute atomic E-state index is 0.258. The van der Waals surface area contributed by atoms with Gasteiger partial charge >= 0.3 is 6.09 Å². The van der Waals surface area contributed by atoms with Crippen molar-refractivity contribution in [3.8, 4) is 0 Å². The monoisotopic (exact) mass is 330 g/mol. The minimum atomic E-state index is -0.522. The Labute approximate surface area is 137 Å². The van der Waals surface area contributed by atoms with Gasteiger partial charge in [0, 0.05) is 25.2 Å². The van der Waals surface area contributed by atoms with E-state index in [4.69, 9.17) is 22.1 Å². The smallest absolute Gasteiger partial charge is 0.407 e.